The highest BCUT2D eigenvalue weighted by molar-refractivity contribution is 6.20. The van der Waals surface area contributed by atoms with Gasteiger partial charge in [0.05, 0.1) is 12.7 Å². The molecule has 2 aromatic carbocycles. The standard InChI is InChI=1S/C20H16N2O3/c1-12-19(15-5-3-4-6-16(15)22-12)20(24)14(11-21)9-13-7-8-17(23)18(10-13)25-2/h3-10,22-23H,1-2H3/b14-9-. The van der Waals surface area contributed by atoms with Crippen molar-refractivity contribution in [1.29, 1.82) is 5.26 Å². The zero-order valence-electron chi connectivity index (χ0n) is 13.8. The molecule has 0 radical (unpaired) electrons. The number of nitrogens with one attached hydrogen (secondary N) is 1. The van der Waals surface area contributed by atoms with Gasteiger partial charge in [0.2, 0.25) is 5.78 Å². The van der Waals surface area contributed by atoms with E-state index in [9.17, 15) is 15.2 Å². The number of nitriles is 1. The number of nitrogens with zero attached hydrogens (tertiary/aromatic N) is 1. The van der Waals surface area contributed by atoms with E-state index in [1.54, 1.807) is 12.1 Å². The van der Waals surface area contributed by atoms with E-state index in [1.807, 2.05) is 37.3 Å². The third kappa shape index (κ3) is 2.98. The number of phenolic OH excluding ortho intramolecular Hbond substituents is 1. The number of aromatic amines is 1. The molecule has 1 heterocycles. The van der Waals surface area contributed by atoms with E-state index < -0.39 is 0 Å². The number of benzene rings is 2. The molecule has 0 amide bonds. The maximum absolute atomic E-state index is 12.9. The summed E-state index contributed by atoms with van der Waals surface area (Å²) in [4.78, 5) is 16.1. The van der Waals surface area contributed by atoms with Gasteiger partial charge in [-0.1, -0.05) is 24.3 Å². The lowest BCUT2D eigenvalue weighted by Gasteiger charge is -2.05. The molecule has 2 N–H and O–H groups in total. The quantitative estimate of drug-likeness (QED) is 0.430. The maximum Gasteiger partial charge on any atom is 0.205 e. The summed E-state index contributed by atoms with van der Waals surface area (Å²) in [6.45, 7) is 1.81. The van der Waals surface area contributed by atoms with Gasteiger partial charge in [0.25, 0.3) is 0 Å². The van der Waals surface area contributed by atoms with Crippen LogP contribution < -0.4 is 4.74 Å². The Morgan fingerprint density at radius 2 is 2.04 bits per heavy atom. The molecule has 0 aliphatic carbocycles. The first-order valence-electron chi connectivity index (χ1n) is 7.66. The van der Waals surface area contributed by atoms with Crippen LogP contribution in [0.4, 0.5) is 0 Å². The van der Waals surface area contributed by atoms with E-state index >= 15 is 0 Å². The van der Waals surface area contributed by atoms with Gasteiger partial charge in [0.1, 0.15) is 11.6 Å². The van der Waals surface area contributed by atoms with Crippen molar-refractivity contribution in [3.8, 4) is 17.6 Å². The SMILES string of the molecule is COc1cc(/C=C(/C#N)C(=O)c2c(C)[nH]c3ccccc23)ccc1O. The number of hydrogen-bond acceptors (Lipinski definition) is 4. The van der Waals surface area contributed by atoms with E-state index in [0.29, 0.717) is 11.1 Å². The highest BCUT2D eigenvalue weighted by Gasteiger charge is 2.19. The number of rotatable bonds is 4. The number of methoxy groups -OCH3 is 1. The summed E-state index contributed by atoms with van der Waals surface area (Å²) in [5.41, 5.74) is 2.68. The average Bonchev–Trinajstić information content (AvgIpc) is 2.96. The zero-order chi connectivity index (χ0) is 18.0. The third-order valence-electron chi connectivity index (χ3n) is 4.00. The summed E-state index contributed by atoms with van der Waals surface area (Å²) >= 11 is 0. The van der Waals surface area contributed by atoms with Crippen LogP contribution in [0.5, 0.6) is 11.5 Å². The highest BCUT2D eigenvalue weighted by Crippen LogP contribution is 2.29. The van der Waals surface area contributed by atoms with Crippen molar-refractivity contribution in [1.82, 2.24) is 4.98 Å². The van der Waals surface area contributed by atoms with Gasteiger partial charge in [-0.15, -0.1) is 0 Å². The molecule has 0 aliphatic heterocycles. The minimum Gasteiger partial charge on any atom is -0.504 e. The number of aromatic hydroxyl groups is 1. The zero-order valence-corrected chi connectivity index (χ0v) is 13.8. The van der Waals surface area contributed by atoms with Gasteiger partial charge in [0, 0.05) is 16.6 Å². The van der Waals surface area contributed by atoms with E-state index in [1.165, 1.54) is 19.3 Å². The topological polar surface area (TPSA) is 86.1 Å². The lowest BCUT2D eigenvalue weighted by molar-refractivity contribution is 0.104. The molecule has 0 atom stereocenters. The number of carbonyl (C=O) groups is 1. The van der Waals surface area contributed by atoms with Gasteiger partial charge in [-0.3, -0.25) is 4.79 Å². The van der Waals surface area contributed by atoms with Crippen molar-refractivity contribution in [2.24, 2.45) is 0 Å². The van der Waals surface area contributed by atoms with Crippen LogP contribution >= 0.6 is 0 Å². The number of aromatic nitrogens is 1. The van der Waals surface area contributed by atoms with Crippen molar-refractivity contribution < 1.29 is 14.6 Å². The van der Waals surface area contributed by atoms with Crippen molar-refractivity contribution in [3.05, 3.63) is 64.9 Å². The van der Waals surface area contributed by atoms with E-state index in [-0.39, 0.29) is 22.9 Å². The van der Waals surface area contributed by atoms with Crippen LogP contribution in [0.2, 0.25) is 0 Å². The molecule has 0 saturated carbocycles. The molecule has 0 bridgehead atoms. The molecular weight excluding hydrogens is 316 g/mol. The first-order valence-corrected chi connectivity index (χ1v) is 7.66. The predicted octanol–water partition coefficient (Wildman–Crippen LogP) is 3.98. The Kier molecular flexibility index (Phi) is 4.27. The van der Waals surface area contributed by atoms with Crippen LogP contribution in [-0.4, -0.2) is 23.0 Å². The molecule has 1 aromatic heterocycles. The first-order chi connectivity index (χ1) is 12.0. The summed E-state index contributed by atoms with van der Waals surface area (Å²) in [5.74, 6) is -0.0665. The Morgan fingerprint density at radius 3 is 2.76 bits per heavy atom. The summed E-state index contributed by atoms with van der Waals surface area (Å²) in [6, 6.07) is 14.1. The molecule has 124 valence electrons. The summed E-state index contributed by atoms with van der Waals surface area (Å²) in [6.07, 6.45) is 1.49. The number of fused-ring (bicyclic) bond motifs is 1. The molecule has 3 rings (SSSR count). The minimum absolute atomic E-state index is 0.00282. The fourth-order valence-corrected chi connectivity index (χ4v) is 2.80. The second-order valence-electron chi connectivity index (χ2n) is 5.60. The minimum atomic E-state index is -0.343. The highest BCUT2D eigenvalue weighted by atomic mass is 16.5. The van der Waals surface area contributed by atoms with E-state index in [0.717, 1.165) is 16.6 Å². The van der Waals surface area contributed by atoms with Crippen molar-refractivity contribution in [2.45, 2.75) is 6.92 Å². The number of ketones is 1. The Bertz CT molecular complexity index is 1040. The van der Waals surface area contributed by atoms with Crippen LogP contribution in [0.1, 0.15) is 21.6 Å². The molecule has 0 fully saturated rings. The lowest BCUT2D eigenvalue weighted by Crippen LogP contribution is -2.03. The number of phenols is 1. The Hall–Kier alpha value is -3.52. The van der Waals surface area contributed by atoms with E-state index in [2.05, 4.69) is 4.98 Å². The van der Waals surface area contributed by atoms with Gasteiger partial charge >= 0.3 is 0 Å². The molecular formula is C20H16N2O3. The fraction of sp³-hybridized carbons (Fsp3) is 0.100. The second kappa shape index (κ2) is 6.54. The number of hydrogen-bond donors (Lipinski definition) is 2. The normalized spacial score (nSPS) is 11.3. The number of allylic oxidation sites excluding steroid dienone is 1. The fourth-order valence-electron chi connectivity index (χ4n) is 2.80. The lowest BCUT2D eigenvalue weighted by atomic mass is 9.99. The number of carbonyl (C=O) groups excluding carboxylic acids is 1. The number of Topliss-reactive ketones (excluding diaryl/α,β-unsaturated/α-hetero) is 1. The smallest absolute Gasteiger partial charge is 0.205 e. The number of ether oxygens (including phenoxy) is 1. The molecule has 0 aliphatic rings. The largest absolute Gasteiger partial charge is 0.504 e. The van der Waals surface area contributed by atoms with Crippen molar-refractivity contribution in [3.63, 3.8) is 0 Å². The van der Waals surface area contributed by atoms with Crippen molar-refractivity contribution >= 4 is 22.8 Å². The van der Waals surface area contributed by atoms with Crippen molar-refractivity contribution in [2.75, 3.05) is 7.11 Å². The number of para-hydroxylation sites is 1. The molecule has 0 saturated heterocycles. The average molecular weight is 332 g/mol. The van der Waals surface area contributed by atoms with Gasteiger partial charge in [0.15, 0.2) is 11.5 Å². The summed E-state index contributed by atoms with van der Waals surface area (Å²) in [7, 11) is 1.44. The van der Waals surface area contributed by atoms with Gasteiger partial charge in [-0.2, -0.15) is 5.26 Å². The first kappa shape index (κ1) is 16.3. The Labute approximate surface area is 144 Å². The molecule has 0 unspecified atom stereocenters. The Balaban J connectivity index is 2.07. The predicted molar refractivity (Wildman–Crippen MR) is 95.6 cm³/mol. The maximum atomic E-state index is 12.9. The van der Waals surface area contributed by atoms with Gasteiger partial charge in [-0.25, -0.2) is 0 Å². The van der Waals surface area contributed by atoms with Crippen LogP contribution in [0.15, 0.2) is 48.0 Å². The molecule has 5 heteroatoms. The molecule has 25 heavy (non-hydrogen) atoms. The van der Waals surface area contributed by atoms with Crippen LogP contribution in [0, 0.1) is 18.3 Å². The molecule has 5 nitrogen and oxygen atoms in total. The van der Waals surface area contributed by atoms with Crippen LogP contribution in [-0.2, 0) is 0 Å². The summed E-state index contributed by atoms with van der Waals surface area (Å²) in [5, 5.41) is 19.9. The van der Waals surface area contributed by atoms with E-state index in [4.69, 9.17) is 4.74 Å². The van der Waals surface area contributed by atoms with Crippen LogP contribution in [0.3, 0.4) is 0 Å². The summed E-state index contributed by atoms with van der Waals surface area (Å²) < 4.78 is 5.06. The number of H-pyrrole nitrogens is 1. The Morgan fingerprint density at radius 1 is 1.28 bits per heavy atom. The number of aryl methyl sites for hydroxylation is 1. The third-order valence-corrected chi connectivity index (χ3v) is 4.00. The molecule has 0 spiro atoms. The van der Waals surface area contributed by atoms with Gasteiger partial charge in [-0.05, 0) is 36.8 Å². The molecule has 3 aromatic rings. The second-order valence-corrected chi connectivity index (χ2v) is 5.60. The monoisotopic (exact) mass is 332 g/mol. The van der Waals surface area contributed by atoms with Gasteiger partial charge < -0.3 is 14.8 Å². The van der Waals surface area contributed by atoms with Crippen LogP contribution in [0.25, 0.3) is 17.0 Å².